The molecule has 1 aromatic rings. The first-order chi connectivity index (χ1) is 7.22. The fourth-order valence-electron chi connectivity index (χ4n) is 2.66. The zero-order chi connectivity index (χ0) is 12.2. The Labute approximate surface area is 98.7 Å². The average Bonchev–Trinajstić information content (AvgIpc) is 2.59. The van der Waals surface area contributed by atoms with Crippen molar-refractivity contribution in [2.45, 2.75) is 32.5 Å². The number of hydrogen-bond donors (Lipinski definition) is 0. The van der Waals surface area contributed by atoms with Gasteiger partial charge >= 0.3 is 98.5 Å². The van der Waals surface area contributed by atoms with E-state index in [4.69, 9.17) is 0 Å². The van der Waals surface area contributed by atoms with Gasteiger partial charge in [-0.25, -0.2) is 0 Å². The molecule has 0 bridgehead atoms. The van der Waals surface area contributed by atoms with Crippen molar-refractivity contribution in [3.05, 3.63) is 30.3 Å². The van der Waals surface area contributed by atoms with Crippen LogP contribution in [0.15, 0.2) is 30.3 Å². The Bertz CT molecular complexity index is 484. The van der Waals surface area contributed by atoms with Gasteiger partial charge in [0.05, 0.1) is 0 Å². The molecule has 0 aliphatic heterocycles. The van der Waals surface area contributed by atoms with Crippen LogP contribution in [0.3, 0.4) is 0 Å². The fourth-order valence-corrected chi connectivity index (χ4v) is 8.74. The van der Waals surface area contributed by atoms with Gasteiger partial charge in [-0.3, -0.25) is 0 Å². The van der Waals surface area contributed by atoms with Crippen molar-refractivity contribution in [3.63, 3.8) is 0 Å². The first-order valence-corrected chi connectivity index (χ1v) is 8.76. The van der Waals surface area contributed by atoms with E-state index in [0.717, 1.165) is 0 Å². The van der Waals surface area contributed by atoms with Gasteiger partial charge in [0, 0.05) is 0 Å². The van der Waals surface area contributed by atoms with Crippen LogP contribution in [-0.4, -0.2) is 12.7 Å². The Morgan fingerprint density at radius 1 is 0.938 bits per heavy atom. The summed E-state index contributed by atoms with van der Waals surface area (Å²) in [5, 5.41) is 0. The normalized spacial score (nSPS) is 23.0. The van der Waals surface area contributed by atoms with E-state index < -0.39 is 12.7 Å². The average molecular weight is 285 g/mol. The van der Waals surface area contributed by atoms with Crippen molar-refractivity contribution < 1.29 is 7.67 Å². The maximum atomic E-state index is 12.5. The third-order valence-electron chi connectivity index (χ3n) is 4.27. The molecule has 3 heteroatoms. The quantitative estimate of drug-likeness (QED) is 0.783. The van der Waals surface area contributed by atoms with Crippen LogP contribution in [0, 0.1) is 10.8 Å². The van der Waals surface area contributed by atoms with E-state index in [9.17, 15) is 7.67 Å². The Hall–Kier alpha value is -0.661. The van der Waals surface area contributed by atoms with E-state index in [-0.39, 0.29) is 15.6 Å². The van der Waals surface area contributed by atoms with Crippen LogP contribution in [0.4, 0.5) is 0 Å². The summed E-state index contributed by atoms with van der Waals surface area (Å²) in [5.74, 6) is 0. The van der Waals surface area contributed by atoms with Gasteiger partial charge in [-0.15, -0.1) is 0 Å². The van der Waals surface area contributed by atoms with Crippen LogP contribution >= 0.6 is 0 Å². The summed E-state index contributed by atoms with van der Waals surface area (Å²) in [5.41, 5.74) is -0.210. The summed E-state index contributed by atoms with van der Waals surface area (Å²) >= 11 is -4.02. The molecule has 0 spiro atoms. The fraction of sp³-hybridized carbons (Fsp3) is 0.538. The predicted octanol–water partition coefficient (Wildman–Crippen LogP) is 2.63. The summed E-state index contributed by atoms with van der Waals surface area (Å²) in [6.07, 6.45) is 0. The molecule has 0 aromatic heterocycles. The molecule has 0 saturated heterocycles. The zero-order valence-electron chi connectivity index (χ0n) is 10.2. The maximum absolute atomic E-state index is 12.5. The minimum absolute atomic E-state index is 0.105. The van der Waals surface area contributed by atoms with Crippen molar-refractivity contribution in [3.8, 4) is 0 Å². The van der Waals surface area contributed by atoms with E-state index in [1.165, 1.54) is 0 Å². The molecule has 1 fully saturated rings. The Balaban J connectivity index is 2.45. The summed E-state index contributed by atoms with van der Waals surface area (Å²) in [7, 11) is 0. The summed E-state index contributed by atoms with van der Waals surface area (Å²) in [4.78, 5) is -0.196. The van der Waals surface area contributed by atoms with Crippen LogP contribution in [0.1, 0.15) is 27.7 Å². The van der Waals surface area contributed by atoms with Gasteiger partial charge in [0.15, 0.2) is 0 Å². The topological polar surface area (TPSA) is 34.1 Å². The second-order valence-electron chi connectivity index (χ2n) is 5.68. The molecule has 0 unspecified atom stereocenters. The number of hydrogen-bond acceptors (Lipinski definition) is 2. The van der Waals surface area contributed by atoms with Crippen LogP contribution in [0.5, 0.6) is 0 Å². The Morgan fingerprint density at radius 2 is 1.38 bits per heavy atom. The molecule has 2 rings (SSSR count). The van der Waals surface area contributed by atoms with Gasteiger partial charge in [0.1, 0.15) is 0 Å². The van der Waals surface area contributed by atoms with Crippen molar-refractivity contribution in [2.24, 2.45) is 10.8 Å². The van der Waals surface area contributed by atoms with Gasteiger partial charge < -0.3 is 0 Å². The molecule has 1 saturated carbocycles. The Kier molecular flexibility index (Phi) is 2.35. The van der Waals surface area contributed by atoms with Gasteiger partial charge in [0.25, 0.3) is 0 Å². The van der Waals surface area contributed by atoms with Gasteiger partial charge in [-0.2, -0.15) is 0 Å². The predicted molar refractivity (Wildman–Crippen MR) is 64.5 cm³/mol. The van der Waals surface area contributed by atoms with Gasteiger partial charge in [-0.05, 0) is 0 Å². The van der Waals surface area contributed by atoms with E-state index in [1.807, 2.05) is 33.8 Å². The Morgan fingerprint density at radius 3 is 1.75 bits per heavy atom. The second kappa shape index (κ2) is 3.18. The molecule has 1 aromatic carbocycles. The molecular formula is C13H18O2Se. The van der Waals surface area contributed by atoms with Crippen LogP contribution < -0.4 is 4.46 Å². The van der Waals surface area contributed by atoms with Crippen molar-refractivity contribution in [1.29, 1.82) is 0 Å². The van der Waals surface area contributed by atoms with Gasteiger partial charge in [-0.1, -0.05) is 0 Å². The van der Waals surface area contributed by atoms with Crippen molar-refractivity contribution in [2.75, 3.05) is 0 Å². The van der Waals surface area contributed by atoms with Crippen LogP contribution in [-0.2, 0) is 7.67 Å². The van der Waals surface area contributed by atoms with E-state index in [2.05, 4.69) is 0 Å². The number of benzene rings is 1. The molecule has 16 heavy (non-hydrogen) atoms. The van der Waals surface area contributed by atoms with Crippen molar-refractivity contribution in [1.82, 2.24) is 0 Å². The minimum atomic E-state index is -4.02. The molecule has 88 valence electrons. The van der Waals surface area contributed by atoms with E-state index >= 15 is 0 Å². The molecule has 0 amide bonds. The summed E-state index contributed by atoms with van der Waals surface area (Å²) in [6.45, 7) is 8.18. The summed E-state index contributed by atoms with van der Waals surface area (Å²) < 4.78 is 25.5. The van der Waals surface area contributed by atoms with E-state index in [1.54, 1.807) is 24.3 Å². The molecule has 1 aliphatic rings. The summed E-state index contributed by atoms with van der Waals surface area (Å²) in [6, 6.07) is 8.86. The first kappa shape index (κ1) is 11.8. The zero-order valence-corrected chi connectivity index (χ0v) is 11.9. The molecule has 2 nitrogen and oxygen atoms in total. The van der Waals surface area contributed by atoms with E-state index in [0.29, 0.717) is 4.46 Å². The van der Waals surface area contributed by atoms with Crippen molar-refractivity contribution >= 4 is 17.2 Å². The molecule has 0 heterocycles. The monoisotopic (exact) mass is 286 g/mol. The van der Waals surface area contributed by atoms with Gasteiger partial charge in [0.2, 0.25) is 0 Å². The SMILES string of the molecule is CC1(C)C([Se](=O)(=O)c2ccccc2)C1(C)C. The van der Waals surface area contributed by atoms with Crippen LogP contribution in [0.25, 0.3) is 0 Å². The van der Waals surface area contributed by atoms with Crippen LogP contribution in [0.2, 0.25) is 4.82 Å². The molecule has 1 aliphatic carbocycles. The first-order valence-electron chi connectivity index (χ1n) is 5.51. The number of rotatable bonds is 2. The molecule has 0 atom stereocenters. The molecular weight excluding hydrogens is 267 g/mol. The third kappa shape index (κ3) is 1.38. The molecule has 0 N–H and O–H groups in total. The standard InChI is InChI=1S/C13H18O2Se/c1-12(2)11(13(12,3)4)16(14,15)10-8-6-5-7-9-10/h5-9,11H,1-4H3. The third-order valence-corrected chi connectivity index (χ3v) is 9.99. The molecule has 0 radical (unpaired) electrons. The second-order valence-corrected chi connectivity index (χ2v) is 9.95.